The van der Waals surface area contributed by atoms with Crippen molar-refractivity contribution in [1.29, 1.82) is 0 Å². The fourth-order valence-corrected chi connectivity index (χ4v) is 3.59. The van der Waals surface area contributed by atoms with Crippen LogP contribution in [0.2, 0.25) is 0 Å². The van der Waals surface area contributed by atoms with E-state index < -0.39 is 5.69 Å². The van der Waals surface area contributed by atoms with Gasteiger partial charge in [-0.15, -0.1) is 11.3 Å². The summed E-state index contributed by atoms with van der Waals surface area (Å²) in [5.74, 6) is 0.681. The second-order valence-electron chi connectivity index (χ2n) is 5.86. The normalized spacial score (nSPS) is 16.3. The standard InChI is InChI=1S/C15H19N3O3S/c1-10-2-6-17(7-3-10)12(19)4-8-18-14(20)13-11(5-9-22-13)16-15(18)21/h5,9-10H,2-4,6-8H2,1H3,(H,16,21). The van der Waals surface area contributed by atoms with Crippen LogP contribution in [0.25, 0.3) is 10.2 Å². The molecule has 7 heteroatoms. The lowest BCUT2D eigenvalue weighted by Gasteiger charge is -2.30. The summed E-state index contributed by atoms with van der Waals surface area (Å²) in [6.07, 6.45) is 2.23. The zero-order valence-electron chi connectivity index (χ0n) is 12.5. The molecule has 3 rings (SSSR count). The maximum Gasteiger partial charge on any atom is 0.328 e. The Hall–Kier alpha value is -1.89. The summed E-state index contributed by atoms with van der Waals surface area (Å²) in [6.45, 7) is 3.87. The maximum absolute atomic E-state index is 12.3. The molecule has 0 radical (unpaired) electrons. The third-order valence-electron chi connectivity index (χ3n) is 4.28. The van der Waals surface area contributed by atoms with Crippen LogP contribution in [-0.2, 0) is 11.3 Å². The van der Waals surface area contributed by atoms with Crippen molar-refractivity contribution in [2.24, 2.45) is 5.92 Å². The minimum absolute atomic E-state index is 0.0180. The molecule has 0 atom stereocenters. The highest BCUT2D eigenvalue weighted by molar-refractivity contribution is 7.17. The third kappa shape index (κ3) is 2.85. The molecule has 0 saturated carbocycles. The van der Waals surface area contributed by atoms with E-state index >= 15 is 0 Å². The van der Waals surface area contributed by atoms with Gasteiger partial charge in [-0.05, 0) is 30.2 Å². The molecular formula is C15H19N3O3S. The van der Waals surface area contributed by atoms with E-state index in [0.717, 1.165) is 30.5 Å². The molecule has 3 heterocycles. The molecule has 0 aliphatic carbocycles. The number of hydrogen-bond acceptors (Lipinski definition) is 4. The lowest BCUT2D eigenvalue weighted by atomic mass is 9.99. The van der Waals surface area contributed by atoms with Crippen molar-refractivity contribution in [3.63, 3.8) is 0 Å². The van der Waals surface area contributed by atoms with Crippen LogP contribution in [0.4, 0.5) is 0 Å². The van der Waals surface area contributed by atoms with Crippen molar-refractivity contribution in [1.82, 2.24) is 14.5 Å². The number of rotatable bonds is 3. The Morgan fingerprint density at radius 1 is 1.36 bits per heavy atom. The fourth-order valence-electron chi connectivity index (χ4n) is 2.80. The molecule has 1 N–H and O–H groups in total. The zero-order valence-corrected chi connectivity index (χ0v) is 13.3. The number of aromatic nitrogens is 2. The number of carbonyl (C=O) groups is 1. The summed E-state index contributed by atoms with van der Waals surface area (Å²) >= 11 is 1.30. The van der Waals surface area contributed by atoms with Crippen molar-refractivity contribution < 1.29 is 4.79 Å². The van der Waals surface area contributed by atoms with Gasteiger partial charge < -0.3 is 9.88 Å². The quantitative estimate of drug-likeness (QED) is 0.928. The van der Waals surface area contributed by atoms with Crippen molar-refractivity contribution in [3.05, 3.63) is 32.3 Å². The second kappa shape index (κ2) is 6.08. The molecule has 0 spiro atoms. The Labute approximate surface area is 131 Å². The van der Waals surface area contributed by atoms with Crippen LogP contribution in [-0.4, -0.2) is 33.4 Å². The summed E-state index contributed by atoms with van der Waals surface area (Å²) < 4.78 is 1.65. The molecular weight excluding hydrogens is 302 g/mol. The number of piperidine rings is 1. The van der Waals surface area contributed by atoms with Gasteiger partial charge >= 0.3 is 5.69 Å². The molecule has 2 aromatic rings. The molecule has 1 saturated heterocycles. The van der Waals surface area contributed by atoms with Crippen LogP contribution in [0.1, 0.15) is 26.2 Å². The summed E-state index contributed by atoms with van der Waals surface area (Å²) in [4.78, 5) is 41.0. The molecule has 0 bridgehead atoms. The molecule has 1 aliphatic rings. The number of hydrogen-bond donors (Lipinski definition) is 1. The number of aromatic amines is 1. The van der Waals surface area contributed by atoms with E-state index in [9.17, 15) is 14.4 Å². The fraction of sp³-hybridized carbons (Fsp3) is 0.533. The number of nitrogens with zero attached hydrogens (tertiary/aromatic N) is 2. The van der Waals surface area contributed by atoms with Gasteiger partial charge in [0.15, 0.2) is 0 Å². The smallest absolute Gasteiger partial charge is 0.328 e. The number of H-pyrrole nitrogens is 1. The van der Waals surface area contributed by atoms with E-state index in [1.54, 1.807) is 11.4 Å². The molecule has 0 aromatic carbocycles. The molecule has 2 aromatic heterocycles. The zero-order chi connectivity index (χ0) is 15.7. The number of likely N-dealkylation sites (tertiary alicyclic amines) is 1. The first-order valence-corrected chi connectivity index (χ1v) is 8.42. The predicted octanol–water partition coefficient (Wildman–Crippen LogP) is 1.40. The van der Waals surface area contributed by atoms with Gasteiger partial charge in [-0.1, -0.05) is 6.92 Å². The Morgan fingerprint density at radius 3 is 2.82 bits per heavy atom. The number of thiophene rings is 1. The van der Waals surface area contributed by atoms with E-state index in [4.69, 9.17) is 0 Å². The lowest BCUT2D eigenvalue weighted by molar-refractivity contribution is -0.132. The lowest BCUT2D eigenvalue weighted by Crippen LogP contribution is -2.40. The van der Waals surface area contributed by atoms with E-state index in [2.05, 4.69) is 11.9 Å². The molecule has 0 unspecified atom stereocenters. The van der Waals surface area contributed by atoms with Gasteiger partial charge in [0, 0.05) is 26.1 Å². The van der Waals surface area contributed by atoms with Gasteiger partial charge in [-0.25, -0.2) is 4.79 Å². The number of fused-ring (bicyclic) bond motifs is 1. The Kier molecular flexibility index (Phi) is 4.15. The predicted molar refractivity (Wildman–Crippen MR) is 86.3 cm³/mol. The molecule has 22 heavy (non-hydrogen) atoms. The minimum Gasteiger partial charge on any atom is -0.343 e. The average Bonchev–Trinajstić information content (AvgIpc) is 2.96. The highest BCUT2D eigenvalue weighted by atomic mass is 32.1. The van der Waals surface area contributed by atoms with E-state index in [1.807, 2.05) is 4.90 Å². The number of carbonyl (C=O) groups excluding carboxylic acids is 1. The van der Waals surface area contributed by atoms with Crippen molar-refractivity contribution >= 4 is 27.5 Å². The molecule has 1 amide bonds. The Balaban J connectivity index is 1.72. The first-order valence-electron chi connectivity index (χ1n) is 7.54. The summed E-state index contributed by atoms with van der Waals surface area (Å²) in [5, 5.41) is 1.77. The summed E-state index contributed by atoms with van der Waals surface area (Å²) in [5.41, 5.74) is -0.197. The summed E-state index contributed by atoms with van der Waals surface area (Å²) in [6, 6.07) is 1.72. The average molecular weight is 321 g/mol. The van der Waals surface area contributed by atoms with Gasteiger partial charge in [0.1, 0.15) is 4.70 Å². The second-order valence-corrected chi connectivity index (χ2v) is 6.78. The van der Waals surface area contributed by atoms with Crippen LogP contribution in [0.5, 0.6) is 0 Å². The van der Waals surface area contributed by atoms with Crippen LogP contribution in [0.3, 0.4) is 0 Å². The van der Waals surface area contributed by atoms with Crippen LogP contribution in [0.15, 0.2) is 21.0 Å². The molecule has 1 aliphatic heterocycles. The highest BCUT2D eigenvalue weighted by Gasteiger charge is 2.20. The number of nitrogens with one attached hydrogen (secondary N) is 1. The van der Waals surface area contributed by atoms with Crippen LogP contribution >= 0.6 is 11.3 Å². The first-order chi connectivity index (χ1) is 10.6. The topological polar surface area (TPSA) is 75.2 Å². The molecule has 6 nitrogen and oxygen atoms in total. The van der Waals surface area contributed by atoms with Gasteiger partial charge in [0.2, 0.25) is 5.91 Å². The van der Waals surface area contributed by atoms with Gasteiger partial charge in [0.05, 0.1) is 5.52 Å². The van der Waals surface area contributed by atoms with Gasteiger partial charge in [-0.3, -0.25) is 14.2 Å². The highest BCUT2D eigenvalue weighted by Crippen LogP contribution is 2.16. The van der Waals surface area contributed by atoms with E-state index in [0.29, 0.717) is 16.1 Å². The number of amides is 1. The van der Waals surface area contributed by atoms with Gasteiger partial charge in [-0.2, -0.15) is 0 Å². The Morgan fingerprint density at radius 2 is 2.09 bits per heavy atom. The van der Waals surface area contributed by atoms with Crippen LogP contribution < -0.4 is 11.2 Å². The van der Waals surface area contributed by atoms with Crippen molar-refractivity contribution in [3.8, 4) is 0 Å². The first kappa shape index (κ1) is 15.0. The van der Waals surface area contributed by atoms with E-state index in [1.165, 1.54) is 11.3 Å². The largest absolute Gasteiger partial charge is 0.343 e. The minimum atomic E-state index is -0.448. The SMILES string of the molecule is CC1CCN(C(=O)CCn2c(=O)[nH]c3ccsc3c2=O)CC1. The van der Waals surface area contributed by atoms with Gasteiger partial charge in [0.25, 0.3) is 5.56 Å². The van der Waals surface area contributed by atoms with E-state index in [-0.39, 0.29) is 24.4 Å². The third-order valence-corrected chi connectivity index (χ3v) is 5.18. The summed E-state index contributed by atoms with van der Waals surface area (Å²) in [7, 11) is 0. The molecule has 118 valence electrons. The Bertz CT molecular complexity index is 796. The monoisotopic (exact) mass is 321 g/mol. The van der Waals surface area contributed by atoms with Crippen molar-refractivity contribution in [2.75, 3.05) is 13.1 Å². The maximum atomic E-state index is 12.3. The molecule has 1 fully saturated rings. The van der Waals surface area contributed by atoms with Crippen LogP contribution in [0, 0.1) is 5.92 Å². The van der Waals surface area contributed by atoms with Crippen molar-refractivity contribution in [2.45, 2.75) is 32.7 Å².